The number of benzene rings is 1. The Balaban J connectivity index is 2.71. The van der Waals surface area contributed by atoms with Gasteiger partial charge in [0.25, 0.3) is 0 Å². The highest BCUT2D eigenvalue weighted by molar-refractivity contribution is 5.99. The molecule has 2 nitrogen and oxygen atoms in total. The number of aryl methyl sites for hydroxylation is 2. The fourth-order valence-electron chi connectivity index (χ4n) is 2.06. The third kappa shape index (κ3) is 4.26. The molecule has 2 heteroatoms. The van der Waals surface area contributed by atoms with E-state index in [1.807, 2.05) is 26.0 Å². The molecule has 0 unspecified atom stereocenters. The number of likely N-dealkylation sites (N-methyl/N-ethyl adjacent to an activating group) is 1. The van der Waals surface area contributed by atoms with Crippen LogP contribution in [0.25, 0.3) is 0 Å². The Labute approximate surface area is 111 Å². The fraction of sp³-hybridized carbons (Fsp3) is 0.562. The standard InChI is InChI=1S/C16H25NO/c1-5-7-10-17(6-2)12-16(18)15-11-13(3)8-9-14(15)4/h8-9,11H,5-7,10,12H2,1-4H3. The van der Waals surface area contributed by atoms with Crippen molar-refractivity contribution in [2.45, 2.75) is 40.5 Å². The largest absolute Gasteiger partial charge is 0.296 e. The number of hydrogen-bond acceptors (Lipinski definition) is 2. The number of unbranched alkanes of at least 4 members (excludes halogenated alkanes) is 1. The first-order valence-corrected chi connectivity index (χ1v) is 6.91. The van der Waals surface area contributed by atoms with Crippen LogP contribution in [0.15, 0.2) is 18.2 Å². The molecule has 100 valence electrons. The van der Waals surface area contributed by atoms with Gasteiger partial charge in [-0.15, -0.1) is 0 Å². The van der Waals surface area contributed by atoms with Crippen LogP contribution in [0.1, 0.15) is 48.2 Å². The summed E-state index contributed by atoms with van der Waals surface area (Å²) >= 11 is 0. The minimum atomic E-state index is 0.245. The molecule has 0 N–H and O–H groups in total. The predicted molar refractivity (Wildman–Crippen MR) is 77.3 cm³/mol. The zero-order valence-electron chi connectivity index (χ0n) is 12.1. The number of nitrogens with zero attached hydrogens (tertiary/aromatic N) is 1. The maximum Gasteiger partial charge on any atom is 0.177 e. The second-order valence-electron chi connectivity index (χ2n) is 4.96. The van der Waals surface area contributed by atoms with E-state index in [1.165, 1.54) is 6.42 Å². The molecule has 0 aliphatic carbocycles. The second kappa shape index (κ2) is 7.32. The third-order valence-electron chi connectivity index (χ3n) is 3.34. The molecule has 0 aliphatic heterocycles. The zero-order valence-corrected chi connectivity index (χ0v) is 12.1. The van der Waals surface area contributed by atoms with Crippen LogP contribution in [-0.2, 0) is 0 Å². The number of ketones is 1. The van der Waals surface area contributed by atoms with Crippen LogP contribution in [0.3, 0.4) is 0 Å². The molecule has 0 bridgehead atoms. The molecule has 0 heterocycles. The van der Waals surface area contributed by atoms with Gasteiger partial charge in [0.05, 0.1) is 6.54 Å². The molecule has 0 amide bonds. The van der Waals surface area contributed by atoms with Gasteiger partial charge in [-0.25, -0.2) is 0 Å². The van der Waals surface area contributed by atoms with Crippen LogP contribution in [0, 0.1) is 13.8 Å². The molecule has 0 radical (unpaired) electrons. The molecule has 1 aromatic carbocycles. The van der Waals surface area contributed by atoms with Crippen molar-refractivity contribution in [3.8, 4) is 0 Å². The van der Waals surface area contributed by atoms with Crippen molar-refractivity contribution in [3.63, 3.8) is 0 Å². The molecule has 0 spiro atoms. The quantitative estimate of drug-likeness (QED) is 0.686. The molecule has 1 rings (SSSR count). The van der Waals surface area contributed by atoms with E-state index < -0.39 is 0 Å². The summed E-state index contributed by atoms with van der Waals surface area (Å²) in [7, 11) is 0. The molecule has 18 heavy (non-hydrogen) atoms. The Kier molecular flexibility index (Phi) is 6.06. The Morgan fingerprint density at radius 2 is 1.94 bits per heavy atom. The highest BCUT2D eigenvalue weighted by Crippen LogP contribution is 2.12. The van der Waals surface area contributed by atoms with Gasteiger partial charge in [0.2, 0.25) is 0 Å². The van der Waals surface area contributed by atoms with E-state index in [1.54, 1.807) is 0 Å². The van der Waals surface area contributed by atoms with Gasteiger partial charge in [0.15, 0.2) is 5.78 Å². The predicted octanol–water partition coefficient (Wildman–Crippen LogP) is 3.61. The fourth-order valence-corrected chi connectivity index (χ4v) is 2.06. The highest BCUT2D eigenvalue weighted by atomic mass is 16.1. The first-order chi connectivity index (χ1) is 8.58. The summed E-state index contributed by atoms with van der Waals surface area (Å²) in [6.07, 6.45) is 2.34. The molecular formula is C16H25NO. The van der Waals surface area contributed by atoms with Gasteiger partial charge in [-0.2, -0.15) is 0 Å². The average molecular weight is 247 g/mol. The van der Waals surface area contributed by atoms with Crippen LogP contribution in [-0.4, -0.2) is 30.3 Å². The first-order valence-electron chi connectivity index (χ1n) is 6.91. The summed E-state index contributed by atoms with van der Waals surface area (Å²) in [4.78, 5) is 14.5. The normalized spacial score (nSPS) is 10.9. The number of carbonyl (C=O) groups excluding carboxylic acids is 1. The topological polar surface area (TPSA) is 20.3 Å². The first kappa shape index (κ1) is 14.9. The maximum atomic E-state index is 12.3. The lowest BCUT2D eigenvalue weighted by Crippen LogP contribution is -2.31. The van der Waals surface area contributed by atoms with Crippen LogP contribution < -0.4 is 0 Å². The Bertz CT molecular complexity index is 398. The summed E-state index contributed by atoms with van der Waals surface area (Å²) in [6.45, 7) is 10.8. The summed E-state index contributed by atoms with van der Waals surface area (Å²) in [5, 5.41) is 0. The SMILES string of the molecule is CCCCN(CC)CC(=O)c1cc(C)ccc1C. The van der Waals surface area contributed by atoms with Gasteiger partial charge < -0.3 is 0 Å². The molecule has 1 aromatic rings. The van der Waals surface area contributed by atoms with Crippen molar-refractivity contribution in [3.05, 3.63) is 34.9 Å². The molecule has 0 atom stereocenters. The smallest absolute Gasteiger partial charge is 0.177 e. The summed E-state index contributed by atoms with van der Waals surface area (Å²) in [5.74, 6) is 0.245. The van der Waals surface area contributed by atoms with Crippen molar-refractivity contribution in [2.75, 3.05) is 19.6 Å². The van der Waals surface area contributed by atoms with Crippen LogP contribution in [0.2, 0.25) is 0 Å². The van der Waals surface area contributed by atoms with E-state index in [0.29, 0.717) is 6.54 Å². The lowest BCUT2D eigenvalue weighted by Gasteiger charge is -2.19. The minimum Gasteiger partial charge on any atom is -0.296 e. The van der Waals surface area contributed by atoms with Crippen molar-refractivity contribution in [1.82, 2.24) is 4.90 Å². The molecule has 0 saturated carbocycles. The summed E-state index contributed by atoms with van der Waals surface area (Å²) in [6, 6.07) is 6.09. The Morgan fingerprint density at radius 3 is 2.56 bits per heavy atom. The highest BCUT2D eigenvalue weighted by Gasteiger charge is 2.13. The lowest BCUT2D eigenvalue weighted by atomic mass is 10.0. The van der Waals surface area contributed by atoms with E-state index in [2.05, 4.69) is 24.8 Å². The van der Waals surface area contributed by atoms with Gasteiger partial charge in [-0.05, 0) is 45.0 Å². The van der Waals surface area contributed by atoms with Crippen LogP contribution in [0.5, 0.6) is 0 Å². The van der Waals surface area contributed by atoms with Crippen molar-refractivity contribution in [2.24, 2.45) is 0 Å². The van der Waals surface area contributed by atoms with Crippen LogP contribution >= 0.6 is 0 Å². The van der Waals surface area contributed by atoms with Gasteiger partial charge in [0.1, 0.15) is 0 Å². The molecule has 0 aliphatic rings. The van der Waals surface area contributed by atoms with E-state index >= 15 is 0 Å². The monoisotopic (exact) mass is 247 g/mol. The molecular weight excluding hydrogens is 222 g/mol. The third-order valence-corrected chi connectivity index (χ3v) is 3.34. The van der Waals surface area contributed by atoms with Gasteiger partial charge in [0, 0.05) is 5.56 Å². The number of hydrogen-bond donors (Lipinski definition) is 0. The molecule has 0 fully saturated rings. The van der Waals surface area contributed by atoms with E-state index in [0.717, 1.165) is 36.2 Å². The number of carbonyl (C=O) groups is 1. The van der Waals surface area contributed by atoms with E-state index in [9.17, 15) is 4.79 Å². The average Bonchev–Trinajstić information content (AvgIpc) is 2.37. The Hall–Kier alpha value is -1.15. The van der Waals surface area contributed by atoms with Gasteiger partial charge in [-0.3, -0.25) is 9.69 Å². The number of rotatable bonds is 7. The Morgan fingerprint density at radius 1 is 1.22 bits per heavy atom. The van der Waals surface area contributed by atoms with Gasteiger partial charge >= 0.3 is 0 Å². The maximum absolute atomic E-state index is 12.3. The lowest BCUT2D eigenvalue weighted by molar-refractivity contribution is 0.0932. The summed E-state index contributed by atoms with van der Waals surface area (Å²) in [5.41, 5.74) is 3.11. The van der Waals surface area contributed by atoms with Crippen molar-refractivity contribution < 1.29 is 4.79 Å². The van der Waals surface area contributed by atoms with E-state index in [-0.39, 0.29) is 5.78 Å². The van der Waals surface area contributed by atoms with Crippen molar-refractivity contribution in [1.29, 1.82) is 0 Å². The van der Waals surface area contributed by atoms with Crippen LogP contribution in [0.4, 0.5) is 0 Å². The second-order valence-corrected chi connectivity index (χ2v) is 4.96. The van der Waals surface area contributed by atoms with Gasteiger partial charge in [-0.1, -0.05) is 38.0 Å². The minimum absolute atomic E-state index is 0.245. The van der Waals surface area contributed by atoms with E-state index in [4.69, 9.17) is 0 Å². The zero-order chi connectivity index (χ0) is 13.5. The number of Topliss-reactive ketones (excluding diaryl/α,β-unsaturated/α-hetero) is 1. The molecule has 0 aromatic heterocycles. The summed E-state index contributed by atoms with van der Waals surface area (Å²) < 4.78 is 0. The van der Waals surface area contributed by atoms with Crippen molar-refractivity contribution >= 4 is 5.78 Å². The molecule has 0 saturated heterocycles.